The average Bonchev–Trinajstić information content (AvgIpc) is 3.02. The van der Waals surface area contributed by atoms with E-state index in [4.69, 9.17) is 0 Å². The number of nitrogens with zero attached hydrogens (tertiary/aromatic N) is 3. The number of rotatable bonds is 5. The fourth-order valence-corrected chi connectivity index (χ4v) is 6.29. The molecule has 0 N–H and O–H groups in total. The summed E-state index contributed by atoms with van der Waals surface area (Å²) in [6.45, 7) is 12.0. The fraction of sp³-hybridized carbons (Fsp3) is 0.526. The molecule has 28 heavy (non-hydrogen) atoms. The molecular weight excluding hydrogens is 400 g/mol. The van der Waals surface area contributed by atoms with Crippen LogP contribution in [0.3, 0.4) is 0 Å². The van der Waals surface area contributed by atoms with Crippen LogP contribution in [0.15, 0.2) is 24.4 Å². The van der Waals surface area contributed by atoms with Gasteiger partial charge in [-0.25, -0.2) is 17.7 Å². The van der Waals surface area contributed by atoms with Gasteiger partial charge in [-0.3, -0.25) is 0 Å². The van der Waals surface area contributed by atoms with Gasteiger partial charge in [-0.05, 0) is 16.7 Å². The second-order valence-corrected chi connectivity index (χ2v) is 16.0. The zero-order valence-corrected chi connectivity index (χ0v) is 19.5. The third-order valence-corrected chi connectivity index (χ3v) is 12.8. The molecule has 9 heteroatoms. The molecule has 1 heterocycles. The van der Waals surface area contributed by atoms with Crippen LogP contribution in [-0.2, 0) is 10.2 Å². The zero-order chi connectivity index (χ0) is 21.7. The van der Waals surface area contributed by atoms with Gasteiger partial charge in [0.25, 0.3) is 0 Å². The van der Waals surface area contributed by atoms with Crippen molar-refractivity contribution in [3.63, 3.8) is 0 Å². The Hall–Kier alpha value is -1.58. The minimum absolute atomic E-state index is 0.147. The van der Waals surface area contributed by atoms with Gasteiger partial charge in [-0.2, -0.15) is 12.7 Å². The summed E-state index contributed by atoms with van der Waals surface area (Å²) in [5.74, 6) is -2.47. The second-order valence-electron chi connectivity index (χ2n) is 8.82. The molecule has 1 aromatic heterocycles. The summed E-state index contributed by atoms with van der Waals surface area (Å²) in [7, 11) is -3.25. The number of hydrogen-bond donors (Lipinski definition) is 0. The van der Waals surface area contributed by atoms with E-state index in [1.807, 2.05) is 0 Å². The highest BCUT2D eigenvalue weighted by Gasteiger charge is 2.43. The van der Waals surface area contributed by atoms with Crippen molar-refractivity contribution >= 4 is 23.7 Å². The summed E-state index contributed by atoms with van der Waals surface area (Å²) in [6.07, 6.45) is 1.44. The number of aromatic nitrogens is 2. The van der Waals surface area contributed by atoms with Crippen molar-refractivity contribution in [1.82, 2.24) is 13.3 Å². The molecule has 0 aliphatic carbocycles. The van der Waals surface area contributed by atoms with E-state index in [0.29, 0.717) is 11.1 Å². The van der Waals surface area contributed by atoms with Crippen LogP contribution in [-0.4, -0.2) is 43.8 Å². The lowest BCUT2D eigenvalue weighted by atomic mass is 9.98. The van der Waals surface area contributed by atoms with E-state index in [1.54, 1.807) is 6.92 Å². The topological polar surface area (TPSA) is 55.2 Å². The van der Waals surface area contributed by atoms with E-state index >= 15 is 0 Å². The van der Waals surface area contributed by atoms with Gasteiger partial charge < -0.3 is 0 Å². The molecule has 0 aliphatic heterocycles. The minimum atomic E-state index is -3.81. The van der Waals surface area contributed by atoms with Crippen molar-refractivity contribution in [3.05, 3.63) is 47.3 Å². The normalized spacial score (nSPS) is 14.5. The van der Waals surface area contributed by atoms with E-state index in [9.17, 15) is 17.2 Å². The molecular formula is C19H29F2N3O2SSi. The van der Waals surface area contributed by atoms with Crippen LogP contribution < -0.4 is 5.45 Å². The summed E-state index contributed by atoms with van der Waals surface area (Å²) in [5, 5.41) is -0.164. The first-order valence-electron chi connectivity index (χ1n) is 9.09. The van der Waals surface area contributed by atoms with E-state index in [-0.39, 0.29) is 10.6 Å². The highest BCUT2D eigenvalue weighted by Crippen LogP contribution is 2.36. The Kier molecular flexibility index (Phi) is 5.96. The van der Waals surface area contributed by atoms with Crippen molar-refractivity contribution in [1.29, 1.82) is 0 Å². The molecule has 0 radical (unpaired) electrons. The lowest BCUT2D eigenvalue weighted by Crippen LogP contribution is -2.56. The number of benzene rings is 1. The van der Waals surface area contributed by atoms with Crippen molar-refractivity contribution in [2.24, 2.45) is 0 Å². The lowest BCUT2D eigenvalue weighted by molar-refractivity contribution is 0.495. The van der Waals surface area contributed by atoms with Crippen LogP contribution in [0.1, 0.15) is 44.9 Å². The Bertz CT molecular complexity index is 980. The molecule has 0 bridgehead atoms. The SMILES string of the molecule is C[C@H](c1cn(S(=O)(=O)N(C)C)c([Si](C)(C)C(C)(C)C)n1)c1cccc(F)c1F. The van der Waals surface area contributed by atoms with Gasteiger partial charge in [0, 0.05) is 26.2 Å². The molecule has 5 nitrogen and oxygen atoms in total. The molecule has 0 amide bonds. The van der Waals surface area contributed by atoms with Crippen LogP contribution in [0.5, 0.6) is 0 Å². The van der Waals surface area contributed by atoms with E-state index in [0.717, 1.165) is 10.4 Å². The first-order valence-corrected chi connectivity index (χ1v) is 13.5. The molecule has 0 fully saturated rings. The first kappa shape index (κ1) is 22.7. The number of imidazole rings is 1. The quantitative estimate of drug-likeness (QED) is 0.681. The van der Waals surface area contributed by atoms with Crippen LogP contribution >= 0.6 is 0 Å². The molecule has 2 aromatic rings. The molecule has 0 saturated heterocycles. The first-order chi connectivity index (χ1) is 12.6. The smallest absolute Gasteiger partial charge is 0.242 e. The van der Waals surface area contributed by atoms with Gasteiger partial charge in [-0.1, -0.05) is 52.9 Å². The van der Waals surface area contributed by atoms with Crippen LogP contribution in [0, 0.1) is 11.6 Å². The average molecular weight is 430 g/mol. The summed E-state index contributed by atoms with van der Waals surface area (Å²) in [6, 6.07) is 3.99. The molecule has 156 valence electrons. The third-order valence-electron chi connectivity index (χ3n) is 5.73. The fourth-order valence-electron chi connectivity index (χ4n) is 2.71. The maximum atomic E-state index is 14.3. The van der Waals surface area contributed by atoms with Crippen molar-refractivity contribution < 1.29 is 17.2 Å². The predicted molar refractivity (Wildman–Crippen MR) is 111 cm³/mol. The second kappa shape index (κ2) is 7.35. The Balaban J connectivity index is 2.74. The molecule has 2 rings (SSSR count). The van der Waals surface area contributed by atoms with Crippen LogP contribution in [0.4, 0.5) is 8.78 Å². The Morgan fingerprint density at radius 2 is 1.75 bits per heavy atom. The van der Waals surface area contributed by atoms with E-state index in [1.165, 1.54) is 36.4 Å². The zero-order valence-electron chi connectivity index (χ0n) is 17.7. The Morgan fingerprint density at radius 1 is 1.18 bits per heavy atom. The summed E-state index contributed by atoms with van der Waals surface area (Å²) in [5.41, 5.74) is 1.04. The van der Waals surface area contributed by atoms with Gasteiger partial charge in [0.1, 0.15) is 13.5 Å². The van der Waals surface area contributed by atoms with Gasteiger partial charge in [-0.15, -0.1) is 0 Å². The number of hydrogen-bond acceptors (Lipinski definition) is 3. The van der Waals surface area contributed by atoms with Gasteiger partial charge in [0.15, 0.2) is 11.6 Å². The molecule has 0 unspecified atom stereocenters. The van der Waals surface area contributed by atoms with Crippen molar-refractivity contribution in [2.75, 3.05) is 14.1 Å². The Labute approximate surface area is 167 Å². The molecule has 0 spiro atoms. The van der Waals surface area contributed by atoms with E-state index < -0.39 is 35.8 Å². The van der Waals surface area contributed by atoms with Crippen LogP contribution in [0.2, 0.25) is 18.1 Å². The standard InChI is InChI=1S/C19H29F2N3O2SSi/c1-13(14-10-9-11-15(20)17(14)21)16-12-24(27(25,26)23(5)6)18(22-16)28(7,8)19(2,3)4/h9-13H,1-8H3/t13-/m0/s1. The summed E-state index contributed by atoms with van der Waals surface area (Å²) >= 11 is 0. The highest BCUT2D eigenvalue weighted by atomic mass is 32.2. The third kappa shape index (κ3) is 3.79. The van der Waals surface area contributed by atoms with Crippen molar-refractivity contribution in [3.8, 4) is 0 Å². The van der Waals surface area contributed by atoms with Gasteiger partial charge >= 0.3 is 10.2 Å². The maximum Gasteiger partial charge on any atom is 0.308 e. The molecule has 1 aromatic carbocycles. The van der Waals surface area contributed by atoms with Crippen molar-refractivity contribution in [2.45, 2.75) is 51.7 Å². The minimum Gasteiger partial charge on any atom is -0.242 e. The monoisotopic (exact) mass is 429 g/mol. The largest absolute Gasteiger partial charge is 0.308 e. The summed E-state index contributed by atoms with van der Waals surface area (Å²) in [4.78, 5) is 4.67. The Morgan fingerprint density at radius 3 is 2.25 bits per heavy atom. The maximum absolute atomic E-state index is 14.3. The van der Waals surface area contributed by atoms with Gasteiger partial charge in [0.2, 0.25) is 0 Å². The van der Waals surface area contributed by atoms with Gasteiger partial charge in [0.05, 0.1) is 5.69 Å². The van der Waals surface area contributed by atoms with E-state index in [2.05, 4.69) is 38.8 Å². The lowest BCUT2D eigenvalue weighted by Gasteiger charge is -2.36. The van der Waals surface area contributed by atoms with Crippen LogP contribution in [0.25, 0.3) is 0 Å². The summed E-state index contributed by atoms with van der Waals surface area (Å²) < 4.78 is 56.2. The molecule has 0 saturated carbocycles. The highest BCUT2D eigenvalue weighted by molar-refractivity contribution is 7.87. The molecule has 1 atom stereocenters. The predicted octanol–water partition coefficient (Wildman–Crippen LogP) is 3.68. The molecule has 0 aliphatic rings. The number of halogens is 2.